The van der Waals surface area contributed by atoms with Crippen LogP contribution < -0.4 is 11.1 Å². The van der Waals surface area contributed by atoms with Gasteiger partial charge in [-0.25, -0.2) is 0 Å². The molecule has 0 unspecified atom stereocenters. The lowest BCUT2D eigenvalue weighted by Crippen LogP contribution is -2.50. The number of benzene rings is 2. The monoisotopic (exact) mass is 279 g/mol. The first-order valence-corrected chi connectivity index (χ1v) is 7.72. The van der Waals surface area contributed by atoms with Crippen LogP contribution in [0.3, 0.4) is 0 Å². The average Bonchev–Trinajstić information content (AvgIpc) is 2.55. The van der Waals surface area contributed by atoms with Crippen LogP contribution in [0.4, 0.5) is 5.69 Å². The number of hydrogen-bond donors (Lipinski definition) is 2. The van der Waals surface area contributed by atoms with Crippen molar-refractivity contribution in [2.24, 2.45) is 0 Å². The second kappa shape index (κ2) is 5.17. The lowest BCUT2D eigenvalue weighted by molar-refractivity contribution is 0.144. The first-order valence-electron chi connectivity index (χ1n) is 7.72. The van der Waals surface area contributed by atoms with Gasteiger partial charge < -0.3 is 11.1 Å². The van der Waals surface area contributed by atoms with Crippen molar-refractivity contribution in [2.45, 2.75) is 12.0 Å². The molecule has 0 bridgehead atoms. The number of hydrogen-bond acceptors (Lipinski definition) is 3. The molecule has 0 saturated carbocycles. The Morgan fingerprint density at radius 2 is 1.90 bits per heavy atom. The van der Waals surface area contributed by atoms with Crippen molar-refractivity contribution in [2.75, 3.05) is 31.9 Å². The minimum Gasteiger partial charge on any atom is -0.398 e. The fourth-order valence-corrected chi connectivity index (χ4v) is 3.84. The minimum atomic E-state index is 0.426. The molecule has 2 atom stereocenters. The molecule has 2 aromatic rings. The van der Waals surface area contributed by atoms with Gasteiger partial charge in [0.05, 0.1) is 0 Å². The zero-order valence-corrected chi connectivity index (χ0v) is 12.1. The Kier molecular flexibility index (Phi) is 3.17. The molecule has 3 N–H and O–H groups in total. The summed E-state index contributed by atoms with van der Waals surface area (Å²) in [6.07, 6.45) is 0. The Morgan fingerprint density at radius 1 is 1.05 bits per heavy atom. The van der Waals surface area contributed by atoms with Crippen LogP contribution >= 0.6 is 0 Å². The van der Waals surface area contributed by atoms with E-state index in [1.165, 1.54) is 16.7 Å². The maximum atomic E-state index is 6.33. The van der Waals surface area contributed by atoms with E-state index in [0.717, 1.165) is 31.9 Å². The third-order valence-corrected chi connectivity index (χ3v) is 4.86. The molecule has 3 heteroatoms. The summed E-state index contributed by atoms with van der Waals surface area (Å²) >= 11 is 0. The van der Waals surface area contributed by atoms with Crippen molar-refractivity contribution in [1.82, 2.24) is 10.2 Å². The summed E-state index contributed by atoms with van der Waals surface area (Å²) in [7, 11) is 0. The third-order valence-electron chi connectivity index (χ3n) is 4.86. The SMILES string of the molecule is Nc1cccc2c1[C@@H]1CNCCN1C[C@H]2c1ccccc1. The molecule has 2 aliphatic rings. The van der Waals surface area contributed by atoms with E-state index in [0.29, 0.717) is 12.0 Å². The molecule has 108 valence electrons. The molecule has 2 aromatic carbocycles. The summed E-state index contributed by atoms with van der Waals surface area (Å²) < 4.78 is 0. The highest BCUT2D eigenvalue weighted by Gasteiger charge is 2.36. The second-order valence-electron chi connectivity index (χ2n) is 6.03. The van der Waals surface area contributed by atoms with Crippen molar-refractivity contribution in [3.63, 3.8) is 0 Å². The number of piperazine rings is 1. The number of nitrogens with two attached hydrogens (primary N) is 1. The summed E-state index contributed by atoms with van der Waals surface area (Å²) in [4.78, 5) is 2.59. The molecule has 0 amide bonds. The molecule has 1 fully saturated rings. The second-order valence-corrected chi connectivity index (χ2v) is 6.03. The molecule has 2 aliphatic heterocycles. The van der Waals surface area contributed by atoms with Crippen molar-refractivity contribution in [3.8, 4) is 0 Å². The van der Waals surface area contributed by atoms with Gasteiger partial charge in [0.15, 0.2) is 0 Å². The molecule has 0 spiro atoms. The standard InChI is InChI=1S/C18H21N3/c19-16-8-4-7-14-15(13-5-2-1-3-6-13)12-21-10-9-20-11-17(21)18(14)16/h1-8,15,17,20H,9-12,19H2/t15-,17-/m0/s1. The highest BCUT2D eigenvalue weighted by molar-refractivity contribution is 5.57. The fourth-order valence-electron chi connectivity index (χ4n) is 3.84. The van der Waals surface area contributed by atoms with E-state index in [9.17, 15) is 0 Å². The van der Waals surface area contributed by atoms with Gasteiger partial charge in [0.25, 0.3) is 0 Å². The van der Waals surface area contributed by atoms with Gasteiger partial charge in [0, 0.05) is 43.8 Å². The third kappa shape index (κ3) is 2.13. The van der Waals surface area contributed by atoms with Crippen molar-refractivity contribution >= 4 is 5.69 Å². The van der Waals surface area contributed by atoms with Crippen molar-refractivity contribution in [3.05, 3.63) is 65.2 Å². The topological polar surface area (TPSA) is 41.3 Å². The molecular weight excluding hydrogens is 258 g/mol. The smallest absolute Gasteiger partial charge is 0.0496 e. The van der Waals surface area contributed by atoms with E-state index >= 15 is 0 Å². The molecule has 0 aromatic heterocycles. The van der Waals surface area contributed by atoms with Gasteiger partial charge in [-0.15, -0.1) is 0 Å². The highest BCUT2D eigenvalue weighted by Crippen LogP contribution is 2.42. The lowest BCUT2D eigenvalue weighted by Gasteiger charge is -2.44. The molecule has 0 aliphatic carbocycles. The van der Waals surface area contributed by atoms with Gasteiger partial charge in [0.2, 0.25) is 0 Å². The maximum absolute atomic E-state index is 6.33. The lowest BCUT2D eigenvalue weighted by atomic mass is 9.80. The summed E-state index contributed by atoms with van der Waals surface area (Å²) in [5.74, 6) is 0.430. The van der Waals surface area contributed by atoms with Crippen LogP contribution in [0.1, 0.15) is 28.7 Å². The molecule has 1 saturated heterocycles. The van der Waals surface area contributed by atoms with Gasteiger partial charge in [-0.1, -0.05) is 42.5 Å². The van der Waals surface area contributed by atoms with Gasteiger partial charge in [-0.2, -0.15) is 0 Å². The Hall–Kier alpha value is -1.84. The summed E-state index contributed by atoms with van der Waals surface area (Å²) in [6, 6.07) is 17.6. The zero-order chi connectivity index (χ0) is 14.2. The van der Waals surface area contributed by atoms with Crippen LogP contribution in [0.25, 0.3) is 0 Å². The van der Waals surface area contributed by atoms with Crippen molar-refractivity contribution in [1.29, 1.82) is 0 Å². The van der Waals surface area contributed by atoms with Crippen molar-refractivity contribution < 1.29 is 0 Å². The quantitative estimate of drug-likeness (QED) is 0.787. The van der Waals surface area contributed by atoms with E-state index in [-0.39, 0.29) is 0 Å². The number of nitrogens with one attached hydrogen (secondary N) is 1. The Bertz CT molecular complexity index is 638. The Balaban J connectivity index is 1.85. The first-order chi connectivity index (χ1) is 10.3. The molecule has 2 heterocycles. The van der Waals surface area contributed by atoms with E-state index in [1.807, 2.05) is 6.07 Å². The van der Waals surface area contributed by atoms with Crippen LogP contribution in [-0.4, -0.2) is 31.1 Å². The Labute approximate surface area is 125 Å². The van der Waals surface area contributed by atoms with Gasteiger partial charge in [0.1, 0.15) is 0 Å². The number of fused-ring (bicyclic) bond motifs is 3. The zero-order valence-electron chi connectivity index (χ0n) is 12.1. The summed E-state index contributed by atoms with van der Waals surface area (Å²) in [6.45, 7) is 4.26. The molecule has 0 radical (unpaired) electrons. The first kappa shape index (κ1) is 12.9. The summed E-state index contributed by atoms with van der Waals surface area (Å²) in [5, 5.41) is 3.51. The fraction of sp³-hybridized carbons (Fsp3) is 0.333. The van der Waals surface area contributed by atoms with Gasteiger partial charge in [-0.3, -0.25) is 4.90 Å². The van der Waals surface area contributed by atoms with E-state index in [2.05, 4.69) is 52.7 Å². The molecule has 4 rings (SSSR count). The maximum Gasteiger partial charge on any atom is 0.0496 e. The predicted octanol–water partition coefficient (Wildman–Crippen LogP) is 2.36. The van der Waals surface area contributed by atoms with E-state index < -0.39 is 0 Å². The Morgan fingerprint density at radius 3 is 2.76 bits per heavy atom. The van der Waals surface area contributed by atoms with Crippen LogP contribution in [0, 0.1) is 0 Å². The predicted molar refractivity (Wildman–Crippen MR) is 86.3 cm³/mol. The minimum absolute atomic E-state index is 0.426. The van der Waals surface area contributed by atoms with Gasteiger partial charge >= 0.3 is 0 Å². The molecular formula is C18H21N3. The normalized spacial score (nSPS) is 25.1. The number of nitrogens with zero attached hydrogens (tertiary/aromatic N) is 1. The number of rotatable bonds is 1. The van der Waals surface area contributed by atoms with Crippen LogP contribution in [-0.2, 0) is 0 Å². The summed E-state index contributed by atoms with van der Waals surface area (Å²) in [5.41, 5.74) is 11.4. The van der Waals surface area contributed by atoms with E-state index in [1.54, 1.807) is 0 Å². The van der Waals surface area contributed by atoms with E-state index in [4.69, 9.17) is 5.73 Å². The molecule has 21 heavy (non-hydrogen) atoms. The molecule has 3 nitrogen and oxygen atoms in total. The largest absolute Gasteiger partial charge is 0.398 e. The highest BCUT2D eigenvalue weighted by atomic mass is 15.2. The van der Waals surface area contributed by atoms with Gasteiger partial charge in [-0.05, 0) is 22.8 Å². The van der Waals surface area contributed by atoms with Crippen LogP contribution in [0.15, 0.2) is 48.5 Å². The van der Waals surface area contributed by atoms with Crippen LogP contribution in [0.2, 0.25) is 0 Å². The number of nitrogen functional groups attached to an aromatic ring is 1. The average molecular weight is 279 g/mol. The number of anilines is 1. The van der Waals surface area contributed by atoms with Crippen LogP contribution in [0.5, 0.6) is 0 Å².